The van der Waals surface area contributed by atoms with E-state index < -0.39 is 16.6 Å². The SMILES string of the molecule is COc1cc(CN2C=C(C)C[C@H]2CO[Si](C)(C)C(C)(C)C)c(N)cc1OCCCCCOc1cc(N)c(C(=O)N2C=C(C)C[C@H]2CO[Si](C)(C)C(C)(C)C)cc1OC. The van der Waals surface area contributed by atoms with Crippen molar-refractivity contribution in [2.24, 2.45) is 0 Å². The molecule has 0 spiro atoms. The van der Waals surface area contributed by atoms with Gasteiger partial charge in [-0.2, -0.15) is 0 Å². The Morgan fingerprint density at radius 2 is 1.17 bits per heavy atom. The molecule has 2 aromatic carbocycles. The van der Waals surface area contributed by atoms with Crippen molar-refractivity contribution in [1.29, 1.82) is 0 Å². The highest BCUT2D eigenvalue weighted by Gasteiger charge is 2.40. The molecule has 0 saturated heterocycles. The van der Waals surface area contributed by atoms with Crippen LogP contribution in [0, 0.1) is 0 Å². The number of carbonyl (C=O) groups excluding carboxylic acids is 1. The fraction of sp³-hybridized carbons (Fsp3) is 0.622. The number of nitrogens with zero attached hydrogens (tertiary/aromatic N) is 2. The van der Waals surface area contributed by atoms with Gasteiger partial charge in [-0.1, -0.05) is 52.7 Å². The Balaban J connectivity index is 1.27. The molecule has 2 heterocycles. The minimum Gasteiger partial charge on any atom is -0.493 e. The third-order valence-corrected chi connectivity index (χ3v) is 21.5. The van der Waals surface area contributed by atoms with Gasteiger partial charge in [0.15, 0.2) is 39.6 Å². The van der Waals surface area contributed by atoms with Crippen LogP contribution < -0.4 is 30.4 Å². The second-order valence-corrected chi connectivity index (χ2v) is 28.9. The van der Waals surface area contributed by atoms with Gasteiger partial charge in [0.2, 0.25) is 0 Å². The Morgan fingerprint density at radius 3 is 1.71 bits per heavy atom. The molecule has 1 amide bonds. The molecule has 4 N–H and O–H groups in total. The van der Waals surface area contributed by atoms with Crippen molar-refractivity contribution < 1.29 is 32.6 Å². The molecule has 11 nitrogen and oxygen atoms in total. The second kappa shape index (κ2) is 19.2. The average Bonchev–Trinajstić information content (AvgIpc) is 3.69. The van der Waals surface area contributed by atoms with E-state index in [1.165, 1.54) is 5.57 Å². The smallest absolute Gasteiger partial charge is 0.260 e. The zero-order valence-corrected chi connectivity index (χ0v) is 40.1. The molecular formula is C45H74N4O7Si2. The molecule has 4 rings (SSSR count). The molecule has 0 aliphatic carbocycles. The van der Waals surface area contributed by atoms with Gasteiger partial charge in [0.25, 0.3) is 5.91 Å². The van der Waals surface area contributed by atoms with Crippen molar-refractivity contribution in [3.8, 4) is 23.0 Å². The Kier molecular flexibility index (Phi) is 15.5. The second-order valence-electron chi connectivity index (χ2n) is 19.2. The minimum absolute atomic E-state index is 0.0814. The van der Waals surface area contributed by atoms with Crippen LogP contribution in [0.2, 0.25) is 36.3 Å². The third kappa shape index (κ3) is 11.8. The van der Waals surface area contributed by atoms with E-state index in [-0.39, 0.29) is 28.1 Å². The van der Waals surface area contributed by atoms with E-state index in [0.29, 0.717) is 72.9 Å². The standard InChI is InChI=1S/C45H74N4O7Si2/c1-31-20-34(29-55-57(11,12)44(3,4)5)48(26-31)28-33-22-39(51-9)41(24-37(33)46)53-18-16-15-17-19-54-42-25-38(47)36(23-40(42)52-10)43(50)49-27-32(2)21-35(49)30-56-58(13,14)45(6,7)8/h22-27,34-35H,15-21,28-30,46-47H2,1-14H3/t34-,35-/m0/s1. The summed E-state index contributed by atoms with van der Waals surface area (Å²) < 4.78 is 36.8. The van der Waals surface area contributed by atoms with Crippen LogP contribution in [-0.4, -0.2) is 85.1 Å². The molecule has 0 bridgehead atoms. The third-order valence-electron chi connectivity index (χ3n) is 12.5. The van der Waals surface area contributed by atoms with Crippen LogP contribution in [0.5, 0.6) is 23.0 Å². The van der Waals surface area contributed by atoms with Crippen LogP contribution in [0.15, 0.2) is 47.8 Å². The number of benzene rings is 2. The van der Waals surface area contributed by atoms with E-state index in [4.69, 9.17) is 39.3 Å². The summed E-state index contributed by atoms with van der Waals surface area (Å²) in [5.74, 6) is 2.10. The van der Waals surface area contributed by atoms with Crippen LogP contribution in [0.25, 0.3) is 0 Å². The van der Waals surface area contributed by atoms with Crippen LogP contribution in [-0.2, 0) is 15.4 Å². The van der Waals surface area contributed by atoms with Crippen molar-refractivity contribution >= 4 is 33.9 Å². The first kappa shape index (κ1) is 47.0. The molecule has 0 saturated carbocycles. The lowest BCUT2D eigenvalue weighted by molar-refractivity contribution is 0.0738. The molecule has 0 radical (unpaired) electrons. The van der Waals surface area contributed by atoms with Crippen molar-refractivity contribution in [3.05, 3.63) is 58.9 Å². The van der Waals surface area contributed by atoms with Gasteiger partial charge < -0.3 is 49.1 Å². The van der Waals surface area contributed by atoms with Gasteiger partial charge in [-0.25, -0.2) is 0 Å². The van der Waals surface area contributed by atoms with Crippen LogP contribution >= 0.6 is 0 Å². The van der Waals surface area contributed by atoms with E-state index in [1.54, 1.807) is 31.3 Å². The number of ether oxygens (including phenoxy) is 4. The molecule has 2 aliphatic heterocycles. The Labute approximate surface area is 351 Å². The highest BCUT2D eigenvalue weighted by Crippen LogP contribution is 2.40. The van der Waals surface area contributed by atoms with Gasteiger partial charge in [0.1, 0.15) is 0 Å². The first-order valence-corrected chi connectivity index (χ1v) is 26.7. The number of nitrogen functional groups attached to an aromatic ring is 2. The van der Waals surface area contributed by atoms with E-state index in [1.807, 2.05) is 25.3 Å². The van der Waals surface area contributed by atoms with E-state index in [0.717, 1.165) is 43.2 Å². The monoisotopic (exact) mass is 839 g/mol. The summed E-state index contributed by atoms with van der Waals surface area (Å²) in [6, 6.07) is 7.43. The molecule has 2 atom stereocenters. The summed E-state index contributed by atoms with van der Waals surface area (Å²) in [5.41, 5.74) is 18.0. The molecule has 58 heavy (non-hydrogen) atoms. The normalized spacial score (nSPS) is 17.7. The Morgan fingerprint density at radius 1 is 0.690 bits per heavy atom. The summed E-state index contributed by atoms with van der Waals surface area (Å²) in [7, 11) is -0.613. The van der Waals surface area contributed by atoms with Gasteiger partial charge >= 0.3 is 0 Å². The molecule has 0 fully saturated rings. The fourth-order valence-corrected chi connectivity index (χ4v) is 8.76. The summed E-state index contributed by atoms with van der Waals surface area (Å²) in [6.07, 6.45) is 8.39. The van der Waals surface area contributed by atoms with Crippen LogP contribution in [0.4, 0.5) is 11.4 Å². The molecule has 13 heteroatoms. The van der Waals surface area contributed by atoms with Gasteiger partial charge in [0, 0.05) is 36.3 Å². The predicted octanol–water partition coefficient (Wildman–Crippen LogP) is 10.1. The van der Waals surface area contributed by atoms with Crippen LogP contribution in [0.1, 0.15) is 103 Å². The number of methoxy groups -OCH3 is 2. The van der Waals surface area contributed by atoms with E-state index in [2.05, 4.69) is 85.8 Å². The quantitative estimate of drug-likeness (QED) is 0.0801. The zero-order chi connectivity index (χ0) is 43.2. The van der Waals surface area contributed by atoms with Gasteiger partial charge in [-0.3, -0.25) is 4.79 Å². The van der Waals surface area contributed by atoms with Gasteiger partial charge in [-0.05, 0) is 106 Å². The molecular weight excluding hydrogens is 765 g/mol. The van der Waals surface area contributed by atoms with Gasteiger partial charge in [0.05, 0.1) is 58.3 Å². The molecule has 324 valence electrons. The largest absolute Gasteiger partial charge is 0.493 e. The highest BCUT2D eigenvalue weighted by atomic mass is 28.4. The maximum absolute atomic E-state index is 13.9. The van der Waals surface area contributed by atoms with Gasteiger partial charge in [-0.15, -0.1) is 0 Å². The summed E-state index contributed by atoms with van der Waals surface area (Å²) in [5, 5.41) is 0.246. The van der Waals surface area contributed by atoms with Crippen LogP contribution in [0.3, 0.4) is 0 Å². The number of carbonyl (C=O) groups is 1. The average molecular weight is 839 g/mol. The lowest BCUT2D eigenvalue weighted by Gasteiger charge is -2.38. The summed E-state index contributed by atoms with van der Waals surface area (Å²) in [6.45, 7) is 29.6. The molecule has 0 unspecified atom stereocenters. The van der Waals surface area contributed by atoms with Crippen molar-refractivity contribution in [1.82, 2.24) is 9.80 Å². The lowest BCUT2D eigenvalue weighted by Crippen LogP contribution is -2.45. The highest BCUT2D eigenvalue weighted by molar-refractivity contribution is 6.74. The number of hydrogen-bond donors (Lipinski definition) is 2. The maximum Gasteiger partial charge on any atom is 0.260 e. The topological polar surface area (TPSA) is 131 Å². The van der Waals surface area contributed by atoms with Crippen molar-refractivity contribution in [2.45, 2.75) is 142 Å². The number of nitrogens with two attached hydrogens (primary N) is 2. The number of rotatable bonds is 19. The van der Waals surface area contributed by atoms with Crippen molar-refractivity contribution in [2.75, 3.05) is 52.1 Å². The lowest BCUT2D eigenvalue weighted by atomic mass is 10.1. The number of hydrogen-bond acceptors (Lipinski definition) is 10. The number of amides is 1. The molecule has 2 aliphatic rings. The van der Waals surface area contributed by atoms with E-state index >= 15 is 0 Å². The summed E-state index contributed by atoms with van der Waals surface area (Å²) in [4.78, 5) is 18.0. The zero-order valence-electron chi connectivity index (χ0n) is 38.1. The molecule has 2 aromatic rings. The fourth-order valence-electron chi connectivity index (χ4n) is 6.67. The van der Waals surface area contributed by atoms with Crippen molar-refractivity contribution in [3.63, 3.8) is 0 Å². The Bertz CT molecular complexity index is 1800. The first-order chi connectivity index (χ1) is 27.0. The Hall–Kier alpha value is -3.66. The number of anilines is 2. The predicted molar refractivity (Wildman–Crippen MR) is 242 cm³/mol. The number of unbranched alkanes of at least 4 members (excludes halogenated alkanes) is 2. The minimum atomic E-state index is -1.98. The van der Waals surface area contributed by atoms with E-state index in [9.17, 15) is 4.79 Å². The molecule has 0 aromatic heterocycles. The summed E-state index contributed by atoms with van der Waals surface area (Å²) >= 11 is 0. The maximum atomic E-state index is 13.9. The first-order valence-electron chi connectivity index (χ1n) is 20.9.